The monoisotopic (exact) mass is 293 g/mol. The van der Waals surface area contributed by atoms with Crippen molar-refractivity contribution >= 4 is 22.7 Å². The summed E-state index contributed by atoms with van der Waals surface area (Å²) in [6, 6.07) is 15.4. The molecule has 112 valence electrons. The second-order valence-electron chi connectivity index (χ2n) is 5.31. The van der Waals surface area contributed by atoms with E-state index < -0.39 is 6.10 Å². The largest absolute Gasteiger partial charge is 0.399 e. The highest BCUT2D eigenvalue weighted by Crippen LogP contribution is 2.32. The molecule has 1 atom stereocenters. The first-order valence-corrected chi connectivity index (χ1v) is 7.21. The van der Waals surface area contributed by atoms with Crippen LogP contribution in [0.2, 0.25) is 0 Å². The normalized spacial score (nSPS) is 17.1. The summed E-state index contributed by atoms with van der Waals surface area (Å²) in [5.74, 6) is 0. The van der Waals surface area contributed by atoms with E-state index in [4.69, 9.17) is 11.5 Å². The van der Waals surface area contributed by atoms with Crippen LogP contribution in [0.3, 0.4) is 0 Å². The number of aliphatic hydroxyl groups is 1. The number of nitrogens with zero attached hydrogens (tertiary/aromatic N) is 1. The topological polar surface area (TPSA) is 75.5 Å². The van der Waals surface area contributed by atoms with Crippen LogP contribution in [0.25, 0.3) is 0 Å². The maximum atomic E-state index is 9.64. The molecule has 0 radical (unpaired) electrons. The molecule has 0 fully saturated rings. The number of hydrogen-bond acceptors (Lipinski definition) is 4. The summed E-state index contributed by atoms with van der Waals surface area (Å²) < 4.78 is 0. The average molecular weight is 293 g/mol. The SMILES string of the molecule is Nc1ccc(N(C2=CCC(O)C=C2)c2ccc(N)cc2)cc1. The van der Waals surface area contributed by atoms with Crippen molar-refractivity contribution in [1.29, 1.82) is 0 Å². The second-order valence-corrected chi connectivity index (χ2v) is 5.31. The van der Waals surface area contributed by atoms with Crippen molar-refractivity contribution < 1.29 is 5.11 Å². The number of nitrogens with two attached hydrogens (primary N) is 2. The van der Waals surface area contributed by atoms with Gasteiger partial charge in [-0.3, -0.25) is 0 Å². The van der Waals surface area contributed by atoms with Crippen molar-refractivity contribution in [2.45, 2.75) is 12.5 Å². The van der Waals surface area contributed by atoms with Crippen LogP contribution in [-0.2, 0) is 0 Å². The molecule has 4 heteroatoms. The van der Waals surface area contributed by atoms with Crippen LogP contribution in [0.15, 0.2) is 72.5 Å². The number of allylic oxidation sites excluding steroid dienone is 1. The van der Waals surface area contributed by atoms with Gasteiger partial charge in [0, 0.05) is 28.4 Å². The fourth-order valence-electron chi connectivity index (χ4n) is 2.46. The van der Waals surface area contributed by atoms with Gasteiger partial charge in [0.15, 0.2) is 0 Å². The first kappa shape index (κ1) is 14.2. The van der Waals surface area contributed by atoms with Crippen LogP contribution in [0.1, 0.15) is 6.42 Å². The quantitative estimate of drug-likeness (QED) is 0.760. The molecule has 0 saturated carbocycles. The molecule has 0 heterocycles. The van der Waals surface area contributed by atoms with Gasteiger partial charge in [0.25, 0.3) is 0 Å². The second kappa shape index (κ2) is 5.95. The molecule has 0 spiro atoms. The van der Waals surface area contributed by atoms with Crippen molar-refractivity contribution in [2.24, 2.45) is 0 Å². The van der Waals surface area contributed by atoms with Crippen molar-refractivity contribution in [3.63, 3.8) is 0 Å². The van der Waals surface area contributed by atoms with E-state index in [1.54, 1.807) is 6.08 Å². The molecule has 0 aromatic heterocycles. The molecule has 0 saturated heterocycles. The third-order valence-electron chi connectivity index (χ3n) is 3.62. The molecule has 3 rings (SSSR count). The zero-order valence-corrected chi connectivity index (χ0v) is 12.2. The molecule has 1 unspecified atom stereocenters. The molecule has 1 aliphatic rings. The number of anilines is 4. The van der Waals surface area contributed by atoms with Gasteiger partial charge in [-0.25, -0.2) is 0 Å². The molecule has 0 aliphatic heterocycles. The summed E-state index contributed by atoms with van der Waals surface area (Å²) in [5.41, 5.74) is 16.0. The van der Waals surface area contributed by atoms with Crippen LogP contribution >= 0.6 is 0 Å². The summed E-state index contributed by atoms with van der Waals surface area (Å²) in [4.78, 5) is 2.11. The Morgan fingerprint density at radius 1 is 0.864 bits per heavy atom. The van der Waals surface area contributed by atoms with E-state index in [9.17, 15) is 5.11 Å². The standard InChI is InChI=1S/C18H19N3O/c19-13-1-5-15(6-2-13)21(16-7-3-14(20)4-8-16)17-9-11-18(22)12-10-17/h1-11,18,22H,12,19-20H2. The maximum Gasteiger partial charge on any atom is 0.0759 e. The third-order valence-corrected chi connectivity index (χ3v) is 3.62. The lowest BCUT2D eigenvalue weighted by Crippen LogP contribution is -2.18. The minimum Gasteiger partial charge on any atom is -0.399 e. The molecule has 0 bridgehead atoms. The van der Waals surface area contributed by atoms with Gasteiger partial charge in [-0.1, -0.05) is 12.2 Å². The number of nitrogen functional groups attached to an aromatic ring is 2. The predicted octanol–water partition coefficient (Wildman–Crippen LogP) is 3.19. The number of rotatable bonds is 3. The zero-order chi connectivity index (χ0) is 15.5. The van der Waals surface area contributed by atoms with Crippen molar-refractivity contribution in [1.82, 2.24) is 0 Å². The lowest BCUT2D eigenvalue weighted by atomic mass is 10.1. The van der Waals surface area contributed by atoms with Crippen LogP contribution in [0.5, 0.6) is 0 Å². The summed E-state index contributed by atoms with van der Waals surface area (Å²) >= 11 is 0. The zero-order valence-electron chi connectivity index (χ0n) is 12.2. The van der Waals surface area contributed by atoms with Gasteiger partial charge in [0.2, 0.25) is 0 Å². The number of aliphatic hydroxyl groups excluding tert-OH is 1. The Hall–Kier alpha value is -2.72. The van der Waals surface area contributed by atoms with Gasteiger partial charge in [-0.05, 0) is 61.0 Å². The lowest BCUT2D eigenvalue weighted by molar-refractivity contribution is 0.225. The maximum absolute atomic E-state index is 9.64. The molecule has 0 amide bonds. The van der Waals surface area contributed by atoms with E-state index in [2.05, 4.69) is 4.90 Å². The molecular weight excluding hydrogens is 274 g/mol. The number of benzene rings is 2. The van der Waals surface area contributed by atoms with Gasteiger partial charge in [0.1, 0.15) is 0 Å². The van der Waals surface area contributed by atoms with Crippen LogP contribution in [0.4, 0.5) is 22.7 Å². The van der Waals surface area contributed by atoms with E-state index in [0.717, 1.165) is 28.4 Å². The molecule has 5 N–H and O–H groups in total. The highest BCUT2D eigenvalue weighted by molar-refractivity contribution is 5.72. The Balaban J connectivity index is 2.04. The van der Waals surface area contributed by atoms with E-state index in [1.165, 1.54) is 0 Å². The van der Waals surface area contributed by atoms with Crippen molar-refractivity contribution in [3.8, 4) is 0 Å². The Labute approximate surface area is 130 Å². The summed E-state index contributed by atoms with van der Waals surface area (Å²) in [5, 5.41) is 9.64. The van der Waals surface area contributed by atoms with E-state index in [-0.39, 0.29) is 0 Å². The summed E-state index contributed by atoms with van der Waals surface area (Å²) in [6.07, 6.45) is 5.95. The van der Waals surface area contributed by atoms with Crippen molar-refractivity contribution in [2.75, 3.05) is 16.4 Å². The van der Waals surface area contributed by atoms with Gasteiger partial charge >= 0.3 is 0 Å². The van der Waals surface area contributed by atoms with Crippen molar-refractivity contribution in [3.05, 3.63) is 72.5 Å². The molecule has 1 aliphatic carbocycles. The highest BCUT2D eigenvalue weighted by Gasteiger charge is 2.15. The fraction of sp³-hybridized carbons (Fsp3) is 0.111. The van der Waals surface area contributed by atoms with E-state index in [0.29, 0.717) is 6.42 Å². The van der Waals surface area contributed by atoms with E-state index >= 15 is 0 Å². The van der Waals surface area contributed by atoms with Gasteiger partial charge in [-0.2, -0.15) is 0 Å². The third kappa shape index (κ3) is 2.97. The van der Waals surface area contributed by atoms with E-state index in [1.807, 2.05) is 60.7 Å². The Kier molecular flexibility index (Phi) is 3.85. The predicted molar refractivity (Wildman–Crippen MR) is 91.7 cm³/mol. The van der Waals surface area contributed by atoms with Crippen LogP contribution in [-0.4, -0.2) is 11.2 Å². The fourth-order valence-corrected chi connectivity index (χ4v) is 2.46. The first-order valence-electron chi connectivity index (χ1n) is 7.21. The molecule has 2 aromatic carbocycles. The molecule has 22 heavy (non-hydrogen) atoms. The Bertz CT molecular complexity index is 657. The summed E-state index contributed by atoms with van der Waals surface area (Å²) in [7, 11) is 0. The molecule has 4 nitrogen and oxygen atoms in total. The Morgan fingerprint density at radius 3 is 1.77 bits per heavy atom. The smallest absolute Gasteiger partial charge is 0.0759 e. The van der Waals surface area contributed by atoms with Gasteiger partial charge in [-0.15, -0.1) is 0 Å². The lowest BCUT2D eigenvalue weighted by Gasteiger charge is -2.28. The average Bonchev–Trinajstić information content (AvgIpc) is 2.53. The van der Waals surface area contributed by atoms with Gasteiger partial charge in [0.05, 0.1) is 6.10 Å². The van der Waals surface area contributed by atoms with Crippen LogP contribution < -0.4 is 16.4 Å². The minimum absolute atomic E-state index is 0.413. The first-order chi connectivity index (χ1) is 10.6. The summed E-state index contributed by atoms with van der Waals surface area (Å²) in [6.45, 7) is 0. The Morgan fingerprint density at radius 2 is 1.36 bits per heavy atom. The van der Waals surface area contributed by atoms with Crippen LogP contribution in [0, 0.1) is 0 Å². The van der Waals surface area contributed by atoms with Gasteiger partial charge < -0.3 is 21.5 Å². The number of hydrogen-bond donors (Lipinski definition) is 3. The minimum atomic E-state index is -0.413. The highest BCUT2D eigenvalue weighted by atomic mass is 16.3. The molecular formula is C18H19N3O. The molecule has 2 aromatic rings.